The summed E-state index contributed by atoms with van der Waals surface area (Å²) >= 11 is 1.78. The van der Waals surface area contributed by atoms with E-state index in [1.54, 1.807) is 11.3 Å². The van der Waals surface area contributed by atoms with Gasteiger partial charge >= 0.3 is 0 Å². The SMILES string of the molecule is NC(=O)C1CCN(CC(=O)N2CCC(c3nc4ccccc4s3)CC2)CC1. The van der Waals surface area contributed by atoms with Crippen LogP contribution in [-0.4, -0.2) is 59.3 Å². The van der Waals surface area contributed by atoms with Crippen molar-refractivity contribution in [2.45, 2.75) is 31.6 Å². The lowest BCUT2D eigenvalue weighted by Crippen LogP contribution is -2.46. The lowest BCUT2D eigenvalue weighted by molar-refractivity contribution is -0.134. The number of piperidine rings is 2. The molecule has 2 amide bonds. The Hall–Kier alpha value is -1.99. The van der Waals surface area contributed by atoms with E-state index in [1.165, 1.54) is 9.71 Å². The van der Waals surface area contributed by atoms with Gasteiger partial charge in [0, 0.05) is 24.9 Å². The van der Waals surface area contributed by atoms with Crippen molar-refractivity contribution >= 4 is 33.4 Å². The van der Waals surface area contributed by atoms with Gasteiger partial charge in [0.15, 0.2) is 0 Å². The second kappa shape index (κ2) is 7.94. The number of likely N-dealkylation sites (tertiary alicyclic amines) is 2. The normalized spacial score (nSPS) is 20.2. The number of aromatic nitrogens is 1. The molecule has 0 radical (unpaired) electrons. The number of nitrogens with zero attached hydrogens (tertiary/aromatic N) is 3. The summed E-state index contributed by atoms with van der Waals surface area (Å²) in [6, 6.07) is 8.27. The van der Waals surface area contributed by atoms with Crippen LogP contribution < -0.4 is 5.73 Å². The van der Waals surface area contributed by atoms with E-state index in [0.717, 1.165) is 57.4 Å². The van der Waals surface area contributed by atoms with Gasteiger partial charge in [-0.05, 0) is 50.9 Å². The van der Waals surface area contributed by atoms with E-state index < -0.39 is 0 Å². The van der Waals surface area contributed by atoms with Crippen molar-refractivity contribution < 1.29 is 9.59 Å². The Kier molecular flexibility index (Phi) is 5.41. The number of fused-ring (bicyclic) bond motifs is 1. The first-order valence-corrected chi connectivity index (χ1v) is 10.6. The molecule has 144 valence electrons. The maximum absolute atomic E-state index is 12.6. The molecule has 2 saturated heterocycles. The summed E-state index contributed by atoms with van der Waals surface area (Å²) in [5, 5.41) is 1.21. The highest BCUT2D eigenvalue weighted by Gasteiger charge is 2.28. The predicted octanol–water partition coefficient (Wildman–Crippen LogP) is 2.20. The Morgan fingerprint density at radius 2 is 1.78 bits per heavy atom. The zero-order valence-corrected chi connectivity index (χ0v) is 16.3. The molecule has 7 heteroatoms. The third-order valence-electron chi connectivity index (χ3n) is 5.86. The number of hydrogen-bond acceptors (Lipinski definition) is 5. The lowest BCUT2D eigenvalue weighted by atomic mass is 9.96. The minimum atomic E-state index is -0.210. The van der Waals surface area contributed by atoms with Crippen LogP contribution in [0.2, 0.25) is 0 Å². The van der Waals surface area contributed by atoms with Crippen LogP contribution >= 0.6 is 11.3 Å². The molecule has 1 aromatic carbocycles. The predicted molar refractivity (Wildman–Crippen MR) is 107 cm³/mol. The molecule has 0 spiro atoms. The van der Waals surface area contributed by atoms with E-state index in [2.05, 4.69) is 23.1 Å². The maximum Gasteiger partial charge on any atom is 0.236 e. The minimum absolute atomic E-state index is 0.0269. The molecule has 1 aromatic heterocycles. The van der Waals surface area contributed by atoms with Gasteiger partial charge in [0.25, 0.3) is 0 Å². The number of benzene rings is 1. The number of hydrogen-bond donors (Lipinski definition) is 1. The van der Waals surface area contributed by atoms with E-state index in [1.807, 2.05) is 11.0 Å². The van der Waals surface area contributed by atoms with E-state index in [-0.39, 0.29) is 17.7 Å². The van der Waals surface area contributed by atoms with E-state index >= 15 is 0 Å². The molecule has 6 nitrogen and oxygen atoms in total. The molecule has 0 bridgehead atoms. The van der Waals surface area contributed by atoms with E-state index in [9.17, 15) is 9.59 Å². The molecule has 4 rings (SSSR count). The Morgan fingerprint density at radius 1 is 1.07 bits per heavy atom. The lowest BCUT2D eigenvalue weighted by Gasteiger charge is -2.35. The molecule has 0 saturated carbocycles. The van der Waals surface area contributed by atoms with Crippen LogP contribution in [0.1, 0.15) is 36.6 Å². The number of para-hydroxylation sites is 1. The molecule has 2 fully saturated rings. The topological polar surface area (TPSA) is 79.5 Å². The highest BCUT2D eigenvalue weighted by Crippen LogP contribution is 2.33. The molecule has 0 unspecified atom stereocenters. The Balaban J connectivity index is 1.27. The maximum atomic E-state index is 12.6. The molecule has 2 aromatic rings. The molecular weight excluding hydrogens is 360 g/mol. The van der Waals surface area contributed by atoms with Crippen molar-refractivity contribution in [1.82, 2.24) is 14.8 Å². The van der Waals surface area contributed by atoms with Crippen molar-refractivity contribution in [3.8, 4) is 0 Å². The fourth-order valence-corrected chi connectivity index (χ4v) is 5.24. The van der Waals surface area contributed by atoms with Crippen LogP contribution in [0.5, 0.6) is 0 Å². The summed E-state index contributed by atoms with van der Waals surface area (Å²) in [4.78, 5) is 32.8. The average Bonchev–Trinajstić information content (AvgIpc) is 3.13. The summed E-state index contributed by atoms with van der Waals surface area (Å²) in [6.45, 7) is 3.62. The van der Waals surface area contributed by atoms with Crippen molar-refractivity contribution in [2.24, 2.45) is 11.7 Å². The van der Waals surface area contributed by atoms with Gasteiger partial charge < -0.3 is 10.6 Å². The minimum Gasteiger partial charge on any atom is -0.369 e. The van der Waals surface area contributed by atoms with Crippen LogP contribution in [-0.2, 0) is 9.59 Å². The monoisotopic (exact) mass is 386 g/mol. The highest BCUT2D eigenvalue weighted by atomic mass is 32.1. The van der Waals surface area contributed by atoms with Crippen LogP contribution in [0.15, 0.2) is 24.3 Å². The van der Waals surface area contributed by atoms with Gasteiger partial charge in [-0.3, -0.25) is 14.5 Å². The fraction of sp³-hybridized carbons (Fsp3) is 0.550. The molecule has 2 aliphatic heterocycles. The number of carbonyl (C=O) groups is 2. The van der Waals surface area contributed by atoms with Crippen LogP contribution in [0, 0.1) is 5.92 Å². The summed E-state index contributed by atoms with van der Waals surface area (Å²) < 4.78 is 1.24. The molecule has 0 aliphatic carbocycles. The van der Waals surface area contributed by atoms with Crippen LogP contribution in [0.3, 0.4) is 0 Å². The number of amides is 2. The largest absolute Gasteiger partial charge is 0.369 e. The number of thiazole rings is 1. The average molecular weight is 387 g/mol. The van der Waals surface area contributed by atoms with Crippen molar-refractivity contribution in [2.75, 3.05) is 32.7 Å². The number of primary amides is 1. The van der Waals surface area contributed by atoms with E-state index in [4.69, 9.17) is 10.7 Å². The summed E-state index contributed by atoms with van der Waals surface area (Å²) in [5.74, 6) is 0.423. The van der Waals surface area contributed by atoms with Crippen LogP contribution in [0.25, 0.3) is 10.2 Å². The summed E-state index contributed by atoms with van der Waals surface area (Å²) in [6.07, 6.45) is 3.50. The third kappa shape index (κ3) is 4.14. The summed E-state index contributed by atoms with van der Waals surface area (Å²) in [5.41, 5.74) is 6.46. The van der Waals surface area contributed by atoms with Gasteiger partial charge in [-0.2, -0.15) is 0 Å². The smallest absolute Gasteiger partial charge is 0.236 e. The number of carbonyl (C=O) groups excluding carboxylic acids is 2. The van der Waals surface area contributed by atoms with Gasteiger partial charge in [-0.1, -0.05) is 12.1 Å². The van der Waals surface area contributed by atoms with Crippen molar-refractivity contribution in [1.29, 1.82) is 0 Å². The standard InChI is InChI=1S/C20H26N4O2S/c21-19(26)14-5-9-23(10-6-14)13-18(25)24-11-7-15(8-12-24)20-22-16-3-1-2-4-17(16)27-20/h1-4,14-15H,5-13H2,(H2,21,26). The highest BCUT2D eigenvalue weighted by molar-refractivity contribution is 7.18. The Labute approximate surface area is 163 Å². The van der Waals surface area contributed by atoms with Gasteiger partial charge in [0.1, 0.15) is 0 Å². The summed E-state index contributed by atoms with van der Waals surface area (Å²) in [7, 11) is 0. The first-order chi connectivity index (χ1) is 13.1. The number of rotatable bonds is 4. The second-order valence-electron chi connectivity index (χ2n) is 7.63. The Morgan fingerprint density at radius 3 is 2.44 bits per heavy atom. The molecule has 2 aliphatic rings. The molecule has 2 N–H and O–H groups in total. The first kappa shape index (κ1) is 18.4. The molecular formula is C20H26N4O2S. The van der Waals surface area contributed by atoms with Gasteiger partial charge in [0.05, 0.1) is 21.8 Å². The molecule has 3 heterocycles. The second-order valence-corrected chi connectivity index (χ2v) is 8.69. The quantitative estimate of drug-likeness (QED) is 0.874. The van der Waals surface area contributed by atoms with Crippen molar-refractivity contribution in [3.63, 3.8) is 0 Å². The molecule has 0 atom stereocenters. The van der Waals surface area contributed by atoms with Crippen molar-refractivity contribution in [3.05, 3.63) is 29.3 Å². The fourth-order valence-electron chi connectivity index (χ4n) is 4.11. The zero-order chi connectivity index (χ0) is 18.8. The molecule has 27 heavy (non-hydrogen) atoms. The van der Waals surface area contributed by atoms with Gasteiger partial charge in [-0.25, -0.2) is 4.98 Å². The Bertz CT molecular complexity index is 787. The van der Waals surface area contributed by atoms with E-state index in [0.29, 0.717) is 12.5 Å². The third-order valence-corrected chi connectivity index (χ3v) is 7.06. The number of nitrogens with two attached hydrogens (primary N) is 1. The van der Waals surface area contributed by atoms with Gasteiger partial charge in [0.2, 0.25) is 11.8 Å². The van der Waals surface area contributed by atoms with Crippen LogP contribution in [0.4, 0.5) is 0 Å². The zero-order valence-electron chi connectivity index (χ0n) is 15.5. The first-order valence-electron chi connectivity index (χ1n) is 9.75. The van der Waals surface area contributed by atoms with Gasteiger partial charge in [-0.15, -0.1) is 11.3 Å².